The summed E-state index contributed by atoms with van der Waals surface area (Å²) < 4.78 is 85.0. The fourth-order valence-electron chi connectivity index (χ4n) is 3.27. The maximum absolute atomic E-state index is 13.3. The van der Waals surface area contributed by atoms with Crippen LogP contribution in [0.4, 0.5) is 31.1 Å². The van der Waals surface area contributed by atoms with E-state index in [2.05, 4.69) is 4.98 Å². The van der Waals surface area contributed by atoms with E-state index in [-0.39, 0.29) is 18.2 Å². The van der Waals surface area contributed by atoms with Crippen molar-refractivity contribution in [3.8, 4) is 0 Å². The Kier molecular flexibility index (Phi) is 6.82. The minimum absolute atomic E-state index is 0.0502. The summed E-state index contributed by atoms with van der Waals surface area (Å²) in [5.74, 6) is 0. The fraction of sp³-hybridized carbons (Fsp3) is 0.333. The van der Waals surface area contributed by atoms with Crippen molar-refractivity contribution < 1.29 is 35.9 Å². The average molecular weight is 484 g/mol. The number of amides is 1. The van der Waals surface area contributed by atoms with Crippen LogP contribution in [0.15, 0.2) is 54.7 Å². The minimum Gasteiger partial charge on any atom is -0.444 e. The lowest BCUT2D eigenvalue weighted by Crippen LogP contribution is -2.36. The Labute approximate surface area is 192 Å². The van der Waals surface area contributed by atoms with Gasteiger partial charge in [-0.15, -0.1) is 0 Å². The van der Waals surface area contributed by atoms with Crippen LogP contribution in [-0.2, 0) is 30.2 Å². The number of pyridine rings is 1. The summed E-state index contributed by atoms with van der Waals surface area (Å²) in [6.07, 6.45) is -9.37. The standard InChI is InChI=1S/C24H22F6N2O2/c1-22(2,3)34-21(33)32(14-16-8-17-6-4-5-7-20(17)31-12-16)13-15-9-18(23(25,26)27)11-19(10-15)24(28,29)30/h4-12H,13-14H2,1-3H3. The molecule has 0 fully saturated rings. The first kappa shape index (κ1) is 25.3. The summed E-state index contributed by atoms with van der Waals surface area (Å²) in [6, 6.07) is 10.2. The van der Waals surface area contributed by atoms with Crippen molar-refractivity contribution in [2.45, 2.75) is 51.8 Å². The first-order valence-corrected chi connectivity index (χ1v) is 10.2. The Bertz CT molecular complexity index is 1150. The Morgan fingerprint density at radius 2 is 1.41 bits per heavy atom. The molecule has 0 bridgehead atoms. The van der Waals surface area contributed by atoms with Gasteiger partial charge in [-0.1, -0.05) is 18.2 Å². The molecule has 182 valence electrons. The average Bonchev–Trinajstić information content (AvgIpc) is 2.70. The van der Waals surface area contributed by atoms with Crippen LogP contribution < -0.4 is 0 Å². The van der Waals surface area contributed by atoms with Gasteiger partial charge in [-0.2, -0.15) is 26.3 Å². The third kappa shape index (κ3) is 6.61. The number of fused-ring (bicyclic) bond motifs is 1. The third-order valence-electron chi connectivity index (χ3n) is 4.69. The summed E-state index contributed by atoms with van der Waals surface area (Å²) >= 11 is 0. The van der Waals surface area contributed by atoms with Gasteiger partial charge in [0, 0.05) is 18.1 Å². The van der Waals surface area contributed by atoms with Gasteiger partial charge in [0.15, 0.2) is 0 Å². The molecule has 1 heterocycles. The van der Waals surface area contributed by atoms with E-state index in [4.69, 9.17) is 4.74 Å². The molecular formula is C24H22F6N2O2. The van der Waals surface area contributed by atoms with E-state index in [0.29, 0.717) is 23.2 Å². The molecule has 3 rings (SSSR count). The number of rotatable bonds is 4. The molecule has 0 aliphatic carbocycles. The number of aromatic nitrogens is 1. The van der Waals surface area contributed by atoms with Gasteiger partial charge >= 0.3 is 18.4 Å². The van der Waals surface area contributed by atoms with Crippen molar-refractivity contribution >= 4 is 17.0 Å². The fourth-order valence-corrected chi connectivity index (χ4v) is 3.27. The summed E-state index contributed by atoms with van der Waals surface area (Å²) in [4.78, 5) is 18.2. The van der Waals surface area contributed by atoms with Gasteiger partial charge in [0.1, 0.15) is 5.60 Å². The predicted molar refractivity (Wildman–Crippen MR) is 114 cm³/mol. The Morgan fingerprint density at radius 3 is 1.97 bits per heavy atom. The van der Waals surface area contributed by atoms with Gasteiger partial charge in [-0.3, -0.25) is 9.88 Å². The molecule has 1 amide bonds. The monoisotopic (exact) mass is 484 g/mol. The SMILES string of the molecule is CC(C)(C)OC(=O)N(Cc1cc(C(F)(F)F)cc(C(F)(F)F)c1)Cc1cnc2ccccc2c1. The Hall–Kier alpha value is -3.30. The van der Waals surface area contributed by atoms with Crippen LogP contribution in [0.3, 0.4) is 0 Å². The van der Waals surface area contributed by atoms with Gasteiger partial charge in [-0.25, -0.2) is 4.79 Å². The third-order valence-corrected chi connectivity index (χ3v) is 4.69. The molecule has 0 saturated heterocycles. The number of ether oxygens (including phenoxy) is 1. The van der Waals surface area contributed by atoms with Crippen LogP contribution in [0.2, 0.25) is 0 Å². The first-order chi connectivity index (χ1) is 15.6. The molecule has 0 saturated carbocycles. The lowest BCUT2D eigenvalue weighted by Gasteiger charge is -2.28. The molecule has 0 N–H and O–H groups in total. The molecule has 0 spiro atoms. The van der Waals surface area contributed by atoms with E-state index in [1.54, 1.807) is 51.1 Å². The van der Waals surface area contributed by atoms with E-state index in [1.165, 1.54) is 6.20 Å². The maximum Gasteiger partial charge on any atom is 0.416 e. The van der Waals surface area contributed by atoms with Crippen LogP contribution >= 0.6 is 0 Å². The van der Waals surface area contributed by atoms with Gasteiger partial charge in [0.25, 0.3) is 0 Å². The topological polar surface area (TPSA) is 42.4 Å². The Balaban J connectivity index is 2.00. The lowest BCUT2D eigenvalue weighted by atomic mass is 10.0. The highest BCUT2D eigenvalue weighted by atomic mass is 19.4. The van der Waals surface area contributed by atoms with Crippen molar-refractivity contribution in [1.29, 1.82) is 0 Å². The predicted octanol–water partition coefficient (Wildman–Crippen LogP) is 7.21. The molecule has 0 atom stereocenters. The second-order valence-corrected chi connectivity index (χ2v) is 8.79. The molecule has 3 aromatic rings. The van der Waals surface area contributed by atoms with Crippen molar-refractivity contribution in [2.24, 2.45) is 0 Å². The molecule has 2 aromatic carbocycles. The zero-order valence-corrected chi connectivity index (χ0v) is 18.6. The second-order valence-electron chi connectivity index (χ2n) is 8.79. The summed E-state index contributed by atoms with van der Waals surface area (Å²) in [7, 11) is 0. The molecule has 0 aliphatic rings. The highest BCUT2D eigenvalue weighted by Crippen LogP contribution is 2.36. The summed E-state index contributed by atoms with van der Waals surface area (Å²) in [5, 5.41) is 0.766. The second kappa shape index (κ2) is 9.15. The molecular weight excluding hydrogens is 462 g/mol. The normalized spacial score (nSPS) is 12.6. The molecule has 0 aliphatic heterocycles. The van der Waals surface area contributed by atoms with Crippen molar-refractivity contribution in [1.82, 2.24) is 9.88 Å². The lowest BCUT2D eigenvalue weighted by molar-refractivity contribution is -0.143. The van der Waals surface area contributed by atoms with Crippen LogP contribution in [-0.4, -0.2) is 21.6 Å². The molecule has 1 aromatic heterocycles. The highest BCUT2D eigenvalue weighted by molar-refractivity contribution is 5.78. The summed E-state index contributed by atoms with van der Waals surface area (Å²) in [5.41, 5.74) is -2.93. The minimum atomic E-state index is -4.99. The maximum atomic E-state index is 13.3. The van der Waals surface area contributed by atoms with E-state index >= 15 is 0 Å². The number of hydrogen-bond acceptors (Lipinski definition) is 3. The largest absolute Gasteiger partial charge is 0.444 e. The van der Waals surface area contributed by atoms with Crippen LogP contribution in [0.25, 0.3) is 10.9 Å². The van der Waals surface area contributed by atoms with Gasteiger partial charge in [0.05, 0.1) is 23.2 Å². The number of halogens is 6. The highest BCUT2D eigenvalue weighted by Gasteiger charge is 2.37. The zero-order chi connectivity index (χ0) is 25.3. The smallest absolute Gasteiger partial charge is 0.416 e. The van der Waals surface area contributed by atoms with Gasteiger partial charge in [0.2, 0.25) is 0 Å². The van der Waals surface area contributed by atoms with E-state index in [9.17, 15) is 31.1 Å². The van der Waals surface area contributed by atoms with Crippen molar-refractivity contribution in [3.63, 3.8) is 0 Å². The number of benzene rings is 2. The Morgan fingerprint density at radius 1 is 0.853 bits per heavy atom. The number of nitrogens with zero attached hydrogens (tertiary/aromatic N) is 2. The van der Waals surface area contributed by atoms with E-state index in [1.807, 2.05) is 0 Å². The number of para-hydroxylation sites is 1. The molecule has 0 radical (unpaired) electrons. The molecule has 0 unspecified atom stereocenters. The summed E-state index contributed by atoms with van der Waals surface area (Å²) in [6.45, 7) is 4.14. The number of alkyl halides is 6. The van der Waals surface area contributed by atoms with Crippen LogP contribution in [0, 0.1) is 0 Å². The van der Waals surface area contributed by atoms with Gasteiger partial charge in [-0.05, 0) is 62.2 Å². The zero-order valence-electron chi connectivity index (χ0n) is 18.6. The van der Waals surface area contributed by atoms with Crippen molar-refractivity contribution in [2.75, 3.05) is 0 Å². The quantitative estimate of drug-likeness (QED) is 0.368. The van der Waals surface area contributed by atoms with Gasteiger partial charge < -0.3 is 4.74 Å². The number of carbonyl (C=O) groups is 1. The molecule has 4 nitrogen and oxygen atoms in total. The van der Waals surface area contributed by atoms with Crippen molar-refractivity contribution in [3.05, 3.63) is 77.0 Å². The van der Waals surface area contributed by atoms with E-state index in [0.717, 1.165) is 10.3 Å². The first-order valence-electron chi connectivity index (χ1n) is 10.2. The van der Waals surface area contributed by atoms with Crippen LogP contribution in [0.5, 0.6) is 0 Å². The number of carbonyl (C=O) groups excluding carboxylic acids is 1. The molecule has 10 heteroatoms. The van der Waals surface area contributed by atoms with Crippen LogP contribution in [0.1, 0.15) is 43.0 Å². The van der Waals surface area contributed by atoms with E-state index < -0.39 is 41.7 Å². The number of hydrogen-bond donors (Lipinski definition) is 0. The molecule has 34 heavy (non-hydrogen) atoms.